The van der Waals surface area contributed by atoms with Crippen molar-refractivity contribution < 1.29 is 18.7 Å². The number of halogens is 2. The molecule has 1 saturated heterocycles. The van der Waals surface area contributed by atoms with Crippen LogP contribution in [0, 0.1) is 0 Å². The highest BCUT2D eigenvalue weighted by molar-refractivity contribution is 6.42. The minimum atomic E-state index is -0.619. The Hall–Kier alpha value is -2.78. The first-order chi connectivity index (χ1) is 17.4. The highest BCUT2D eigenvalue weighted by Gasteiger charge is 2.23. The maximum atomic E-state index is 10.7. The SMILES string of the molecule is CN(C)c1nnc(-c2cc3c(OC[C@@H](O)CN4CCC(c5ccc(Cl)c(Cl)c5)CC4)cccc3o2)o1. The van der Waals surface area contributed by atoms with Crippen LogP contribution in [-0.4, -0.2) is 66.6 Å². The Morgan fingerprint density at radius 2 is 1.89 bits per heavy atom. The van der Waals surface area contributed by atoms with Crippen molar-refractivity contribution in [2.75, 3.05) is 45.2 Å². The standard InChI is InChI=1S/C26H28Cl2N4O4/c1-31(2)26-30-29-25(36-26)24-13-19-22(4-3-5-23(19)35-24)34-15-18(33)14-32-10-8-16(9-11-32)17-6-7-20(27)21(28)12-17/h3-7,12-13,16,18,33H,8-11,14-15H2,1-2H3/t18-/m0/s1. The van der Waals surface area contributed by atoms with Gasteiger partial charge >= 0.3 is 6.01 Å². The van der Waals surface area contributed by atoms with Crippen molar-refractivity contribution in [2.45, 2.75) is 24.9 Å². The predicted octanol–water partition coefficient (Wildman–Crippen LogP) is 5.47. The number of benzene rings is 2. The number of β-amino-alcohol motifs (C(OH)–C–C–N with tert-alkyl or cyclic N) is 1. The Bertz CT molecular complexity index is 1330. The molecule has 2 aromatic heterocycles. The van der Waals surface area contributed by atoms with E-state index in [0.717, 1.165) is 31.3 Å². The van der Waals surface area contributed by atoms with Crippen molar-refractivity contribution in [1.82, 2.24) is 15.1 Å². The maximum Gasteiger partial charge on any atom is 0.318 e. The van der Waals surface area contributed by atoms with Gasteiger partial charge in [0.1, 0.15) is 24.0 Å². The van der Waals surface area contributed by atoms with Crippen molar-refractivity contribution >= 4 is 40.2 Å². The van der Waals surface area contributed by atoms with E-state index >= 15 is 0 Å². The van der Waals surface area contributed by atoms with E-state index in [2.05, 4.69) is 21.2 Å². The Kier molecular flexibility index (Phi) is 7.39. The smallest absolute Gasteiger partial charge is 0.318 e. The minimum Gasteiger partial charge on any atom is -0.490 e. The van der Waals surface area contributed by atoms with Gasteiger partial charge in [-0.2, -0.15) is 0 Å². The first-order valence-electron chi connectivity index (χ1n) is 11.9. The molecule has 8 nitrogen and oxygen atoms in total. The number of anilines is 1. The molecular formula is C26H28Cl2N4O4. The molecule has 0 bridgehead atoms. The monoisotopic (exact) mass is 530 g/mol. The van der Waals surface area contributed by atoms with Crippen LogP contribution in [0.1, 0.15) is 24.3 Å². The van der Waals surface area contributed by atoms with E-state index in [0.29, 0.717) is 51.5 Å². The summed E-state index contributed by atoms with van der Waals surface area (Å²) in [6.07, 6.45) is 1.40. The van der Waals surface area contributed by atoms with Crippen LogP contribution in [0.5, 0.6) is 5.75 Å². The number of likely N-dealkylation sites (tertiary alicyclic amines) is 1. The van der Waals surface area contributed by atoms with Gasteiger partial charge in [-0.1, -0.05) is 40.4 Å². The lowest BCUT2D eigenvalue weighted by atomic mass is 9.89. The third-order valence-corrected chi connectivity index (χ3v) is 7.17. The largest absolute Gasteiger partial charge is 0.490 e. The Morgan fingerprint density at radius 3 is 2.61 bits per heavy atom. The van der Waals surface area contributed by atoms with Crippen LogP contribution in [-0.2, 0) is 0 Å². The van der Waals surface area contributed by atoms with Crippen LogP contribution in [0.15, 0.2) is 51.3 Å². The summed E-state index contributed by atoms with van der Waals surface area (Å²) in [5.74, 6) is 1.84. The lowest BCUT2D eigenvalue weighted by molar-refractivity contribution is 0.0599. The van der Waals surface area contributed by atoms with Crippen molar-refractivity contribution in [1.29, 1.82) is 0 Å². The predicted molar refractivity (Wildman–Crippen MR) is 140 cm³/mol. The summed E-state index contributed by atoms with van der Waals surface area (Å²) in [6, 6.07) is 13.7. The number of nitrogens with zero attached hydrogens (tertiary/aromatic N) is 4. The van der Waals surface area contributed by atoms with Gasteiger partial charge in [0.25, 0.3) is 5.89 Å². The van der Waals surface area contributed by atoms with Gasteiger partial charge in [0, 0.05) is 26.7 Å². The molecule has 4 aromatic rings. The molecule has 1 fully saturated rings. The van der Waals surface area contributed by atoms with Gasteiger partial charge in [-0.15, -0.1) is 5.10 Å². The summed E-state index contributed by atoms with van der Waals surface area (Å²) in [5, 5.41) is 20.7. The average Bonchev–Trinajstić information content (AvgIpc) is 3.53. The summed E-state index contributed by atoms with van der Waals surface area (Å²) in [6.45, 7) is 2.54. The minimum absolute atomic E-state index is 0.178. The molecule has 1 N–H and O–H groups in total. The van der Waals surface area contributed by atoms with Crippen LogP contribution in [0.25, 0.3) is 22.6 Å². The molecule has 1 aliphatic rings. The molecule has 2 aromatic carbocycles. The lowest BCUT2D eigenvalue weighted by Crippen LogP contribution is -2.40. The van der Waals surface area contributed by atoms with Crippen LogP contribution in [0.3, 0.4) is 0 Å². The fourth-order valence-corrected chi connectivity index (χ4v) is 4.82. The average molecular weight is 531 g/mol. The molecule has 5 rings (SSSR count). The second-order valence-corrected chi connectivity index (χ2v) is 10.1. The number of furan rings is 1. The van der Waals surface area contributed by atoms with E-state index in [-0.39, 0.29) is 6.61 Å². The quantitative estimate of drug-likeness (QED) is 0.320. The Morgan fingerprint density at radius 1 is 1.08 bits per heavy atom. The lowest BCUT2D eigenvalue weighted by Gasteiger charge is -2.33. The van der Waals surface area contributed by atoms with Gasteiger partial charge in [-0.3, -0.25) is 0 Å². The third-order valence-electron chi connectivity index (χ3n) is 6.43. The van der Waals surface area contributed by atoms with Crippen LogP contribution < -0.4 is 9.64 Å². The molecule has 36 heavy (non-hydrogen) atoms. The van der Waals surface area contributed by atoms with Gasteiger partial charge < -0.3 is 28.5 Å². The van der Waals surface area contributed by atoms with Crippen molar-refractivity contribution in [3.05, 3.63) is 58.1 Å². The zero-order valence-electron chi connectivity index (χ0n) is 20.2. The van der Waals surface area contributed by atoms with Crippen LogP contribution in [0.2, 0.25) is 10.0 Å². The van der Waals surface area contributed by atoms with Crippen LogP contribution in [0.4, 0.5) is 6.01 Å². The topological polar surface area (TPSA) is 88.0 Å². The van der Waals surface area contributed by atoms with Crippen molar-refractivity contribution in [3.8, 4) is 17.4 Å². The van der Waals surface area contributed by atoms with E-state index in [1.165, 1.54) is 5.56 Å². The van der Waals surface area contributed by atoms with E-state index in [1.807, 2.05) is 50.5 Å². The molecule has 0 aliphatic carbocycles. The zero-order valence-corrected chi connectivity index (χ0v) is 21.7. The molecule has 1 atom stereocenters. The van der Waals surface area contributed by atoms with Gasteiger partial charge in [-0.05, 0) is 61.7 Å². The molecule has 0 amide bonds. The number of aromatic nitrogens is 2. The molecule has 0 spiro atoms. The number of hydrogen-bond acceptors (Lipinski definition) is 8. The number of aliphatic hydroxyl groups is 1. The summed E-state index contributed by atoms with van der Waals surface area (Å²) >= 11 is 12.2. The normalized spacial score (nSPS) is 15.9. The number of aliphatic hydroxyl groups excluding tert-OH is 1. The van der Waals surface area contributed by atoms with Gasteiger partial charge in [0.2, 0.25) is 0 Å². The molecule has 0 unspecified atom stereocenters. The Balaban J connectivity index is 1.16. The first-order valence-corrected chi connectivity index (χ1v) is 12.6. The number of ether oxygens (including phenoxy) is 1. The van der Waals surface area contributed by atoms with Gasteiger partial charge in [0.05, 0.1) is 15.4 Å². The summed E-state index contributed by atoms with van der Waals surface area (Å²) in [4.78, 5) is 4.00. The van der Waals surface area contributed by atoms with Crippen molar-refractivity contribution in [2.24, 2.45) is 0 Å². The summed E-state index contributed by atoms with van der Waals surface area (Å²) < 4.78 is 17.5. The fourth-order valence-electron chi connectivity index (χ4n) is 4.51. The number of fused-ring (bicyclic) bond motifs is 1. The van der Waals surface area contributed by atoms with E-state index < -0.39 is 6.10 Å². The molecule has 0 radical (unpaired) electrons. The second kappa shape index (κ2) is 10.7. The summed E-state index contributed by atoms with van der Waals surface area (Å²) in [7, 11) is 3.65. The van der Waals surface area contributed by atoms with Gasteiger partial charge in [-0.25, -0.2) is 0 Å². The van der Waals surface area contributed by atoms with E-state index in [9.17, 15) is 5.11 Å². The second-order valence-electron chi connectivity index (χ2n) is 9.28. The Labute approximate surface area is 219 Å². The first kappa shape index (κ1) is 24.9. The molecule has 0 saturated carbocycles. The van der Waals surface area contributed by atoms with E-state index in [1.54, 1.807) is 4.90 Å². The van der Waals surface area contributed by atoms with Gasteiger partial charge in [0.15, 0.2) is 5.76 Å². The molecular weight excluding hydrogens is 503 g/mol. The number of rotatable bonds is 8. The third kappa shape index (κ3) is 5.47. The number of piperidine rings is 1. The number of hydrogen-bond donors (Lipinski definition) is 1. The maximum absolute atomic E-state index is 10.7. The van der Waals surface area contributed by atoms with Crippen molar-refractivity contribution in [3.63, 3.8) is 0 Å². The summed E-state index contributed by atoms with van der Waals surface area (Å²) in [5.41, 5.74) is 1.87. The zero-order chi connectivity index (χ0) is 25.2. The fraction of sp³-hybridized carbons (Fsp3) is 0.385. The molecule has 10 heteroatoms. The molecule has 190 valence electrons. The van der Waals surface area contributed by atoms with Crippen LogP contribution >= 0.6 is 23.2 Å². The molecule has 1 aliphatic heterocycles. The highest BCUT2D eigenvalue weighted by atomic mass is 35.5. The highest BCUT2D eigenvalue weighted by Crippen LogP contribution is 2.34. The molecule has 3 heterocycles. The van der Waals surface area contributed by atoms with E-state index in [4.69, 9.17) is 36.8 Å².